The molecule has 0 spiro atoms. The van der Waals surface area contributed by atoms with Gasteiger partial charge in [-0.3, -0.25) is 9.69 Å². The molecule has 35 heavy (non-hydrogen) atoms. The molecule has 1 aromatic carbocycles. The number of carboxylic acid groups (broad SMARTS) is 1. The molecule has 2 N–H and O–H groups in total. The smallest absolute Gasteiger partial charge is 0.475 e. The Morgan fingerprint density at radius 1 is 1.17 bits per heavy atom. The first-order valence-corrected chi connectivity index (χ1v) is 11.4. The standard InChI is InChI=1S/C19H19FN6OS.C2HF3O2/c20-14-2-1-3-15(7-14)22-19(27)18-24-23-16-6-12-8-25(9-13(12)10-26(16)18)11-17-21-4-5-28-17;3-2(4,5)1(6)7/h1-5,7,12-13H,6,8-11H2,(H,22,27);(H,6,7)/t12-,13-;/m0./s1. The van der Waals surface area contributed by atoms with Crippen molar-refractivity contribution in [2.45, 2.75) is 25.7 Å². The number of hydrogen-bond donors (Lipinski definition) is 2. The number of aliphatic carboxylic acids is 1. The van der Waals surface area contributed by atoms with E-state index in [-0.39, 0.29) is 11.7 Å². The fourth-order valence-corrected chi connectivity index (χ4v) is 4.85. The first-order valence-electron chi connectivity index (χ1n) is 10.5. The van der Waals surface area contributed by atoms with Crippen LogP contribution in [0.15, 0.2) is 35.8 Å². The molecular formula is C21H20F4N6O3S. The predicted octanol–water partition coefficient (Wildman–Crippen LogP) is 3.06. The number of hydrogen-bond acceptors (Lipinski definition) is 7. The summed E-state index contributed by atoms with van der Waals surface area (Å²) in [6, 6.07) is 5.84. The lowest BCUT2D eigenvalue weighted by molar-refractivity contribution is -0.192. The van der Waals surface area contributed by atoms with Gasteiger partial charge in [0, 0.05) is 43.3 Å². The Morgan fingerprint density at radius 3 is 2.57 bits per heavy atom. The van der Waals surface area contributed by atoms with Gasteiger partial charge in [-0.2, -0.15) is 13.2 Å². The summed E-state index contributed by atoms with van der Waals surface area (Å²) in [7, 11) is 0. The van der Waals surface area contributed by atoms with Crippen molar-refractivity contribution in [3.8, 4) is 0 Å². The molecule has 2 aliphatic heterocycles. The third kappa shape index (κ3) is 6.00. The Hall–Kier alpha value is -3.39. The number of rotatable bonds is 4. The van der Waals surface area contributed by atoms with E-state index in [1.54, 1.807) is 23.5 Å². The van der Waals surface area contributed by atoms with Crippen LogP contribution >= 0.6 is 11.3 Å². The summed E-state index contributed by atoms with van der Waals surface area (Å²) in [5, 5.41) is 21.3. The largest absolute Gasteiger partial charge is 0.490 e. The van der Waals surface area contributed by atoms with Crippen molar-refractivity contribution in [3.05, 3.63) is 58.3 Å². The molecule has 2 atom stereocenters. The third-order valence-electron chi connectivity index (χ3n) is 5.71. The van der Waals surface area contributed by atoms with Gasteiger partial charge in [0.15, 0.2) is 0 Å². The van der Waals surface area contributed by atoms with Crippen molar-refractivity contribution >= 4 is 28.9 Å². The highest BCUT2D eigenvalue weighted by Gasteiger charge is 2.39. The number of carbonyl (C=O) groups is 2. The Morgan fingerprint density at radius 2 is 1.91 bits per heavy atom. The minimum Gasteiger partial charge on any atom is -0.475 e. The zero-order valence-electron chi connectivity index (χ0n) is 18.1. The van der Waals surface area contributed by atoms with Crippen LogP contribution in [0.1, 0.15) is 21.5 Å². The van der Waals surface area contributed by atoms with Crippen molar-refractivity contribution in [2.24, 2.45) is 11.8 Å². The summed E-state index contributed by atoms with van der Waals surface area (Å²) in [6.45, 7) is 3.60. The van der Waals surface area contributed by atoms with Gasteiger partial charge in [0.25, 0.3) is 5.91 Å². The van der Waals surface area contributed by atoms with Crippen LogP contribution in [-0.4, -0.2) is 60.9 Å². The molecule has 1 amide bonds. The quantitative estimate of drug-likeness (QED) is 0.517. The topological polar surface area (TPSA) is 113 Å². The van der Waals surface area contributed by atoms with Crippen LogP contribution in [-0.2, 0) is 24.3 Å². The number of anilines is 1. The summed E-state index contributed by atoms with van der Waals surface area (Å²) in [4.78, 5) is 28.4. The lowest BCUT2D eigenvalue weighted by Crippen LogP contribution is -2.31. The number of alkyl halides is 3. The fourth-order valence-electron chi connectivity index (χ4n) is 4.19. The van der Waals surface area contributed by atoms with Crippen molar-refractivity contribution < 1.29 is 32.3 Å². The molecule has 0 saturated carbocycles. The highest BCUT2D eigenvalue weighted by Crippen LogP contribution is 2.33. The van der Waals surface area contributed by atoms with Gasteiger partial charge in [-0.15, -0.1) is 21.5 Å². The molecule has 186 valence electrons. The van der Waals surface area contributed by atoms with Crippen LogP contribution in [0.3, 0.4) is 0 Å². The molecule has 1 fully saturated rings. The first-order chi connectivity index (χ1) is 16.6. The van der Waals surface area contributed by atoms with E-state index < -0.39 is 18.0 Å². The SMILES string of the molecule is O=C(Nc1cccc(F)c1)c1nnc2n1C[C@@H]1CN(Cc3nccs3)C[C@@H]1C2.O=C(O)C(F)(F)F. The maximum Gasteiger partial charge on any atom is 0.490 e. The number of carboxylic acids is 1. The van der Waals surface area contributed by atoms with E-state index in [9.17, 15) is 22.4 Å². The number of amides is 1. The number of halogens is 4. The van der Waals surface area contributed by atoms with E-state index in [0.717, 1.165) is 43.4 Å². The van der Waals surface area contributed by atoms with Gasteiger partial charge < -0.3 is 15.0 Å². The molecule has 9 nitrogen and oxygen atoms in total. The van der Waals surface area contributed by atoms with E-state index in [1.807, 2.05) is 16.1 Å². The highest BCUT2D eigenvalue weighted by atomic mass is 32.1. The van der Waals surface area contributed by atoms with E-state index in [4.69, 9.17) is 9.90 Å². The average Bonchev–Trinajstić information content (AvgIpc) is 3.51. The van der Waals surface area contributed by atoms with Crippen LogP contribution in [0.4, 0.5) is 23.2 Å². The Labute approximate surface area is 200 Å². The second-order valence-electron chi connectivity index (χ2n) is 8.16. The van der Waals surface area contributed by atoms with Crippen molar-refractivity contribution in [1.82, 2.24) is 24.6 Å². The maximum absolute atomic E-state index is 13.4. The minimum absolute atomic E-state index is 0.288. The van der Waals surface area contributed by atoms with Crippen molar-refractivity contribution in [2.75, 3.05) is 18.4 Å². The van der Waals surface area contributed by atoms with E-state index >= 15 is 0 Å². The lowest BCUT2D eigenvalue weighted by atomic mass is 9.89. The van der Waals surface area contributed by atoms with Crippen molar-refractivity contribution in [1.29, 1.82) is 0 Å². The van der Waals surface area contributed by atoms with E-state index in [1.165, 1.54) is 12.1 Å². The second-order valence-corrected chi connectivity index (χ2v) is 9.14. The second kappa shape index (κ2) is 10.1. The summed E-state index contributed by atoms with van der Waals surface area (Å²) in [6.07, 6.45) is -2.42. The Balaban J connectivity index is 0.000000364. The Bertz CT molecular complexity index is 1200. The monoisotopic (exact) mass is 512 g/mol. The summed E-state index contributed by atoms with van der Waals surface area (Å²) in [5.74, 6) is -1.39. The van der Waals surface area contributed by atoms with Gasteiger partial charge in [-0.1, -0.05) is 6.07 Å². The Kier molecular flexibility index (Phi) is 7.12. The van der Waals surface area contributed by atoms with E-state index in [0.29, 0.717) is 17.5 Å². The van der Waals surface area contributed by atoms with Crippen LogP contribution in [0.25, 0.3) is 0 Å². The maximum atomic E-state index is 13.4. The fraction of sp³-hybridized carbons (Fsp3) is 0.381. The molecule has 4 heterocycles. The molecule has 0 radical (unpaired) electrons. The molecule has 2 aromatic heterocycles. The van der Waals surface area contributed by atoms with Gasteiger partial charge >= 0.3 is 12.1 Å². The molecule has 2 aliphatic rings. The molecular weight excluding hydrogens is 492 g/mol. The molecule has 0 bridgehead atoms. The van der Waals surface area contributed by atoms with Crippen LogP contribution in [0, 0.1) is 17.7 Å². The lowest BCUT2D eigenvalue weighted by Gasteiger charge is -2.25. The summed E-state index contributed by atoms with van der Waals surface area (Å²) >= 11 is 1.68. The first kappa shape index (κ1) is 24.7. The summed E-state index contributed by atoms with van der Waals surface area (Å²) in [5.41, 5.74) is 0.409. The molecule has 3 aromatic rings. The number of fused-ring (bicyclic) bond motifs is 2. The molecule has 1 saturated heterocycles. The van der Waals surface area contributed by atoms with Gasteiger partial charge in [-0.25, -0.2) is 14.2 Å². The number of thiazole rings is 1. The number of benzene rings is 1. The number of nitrogens with one attached hydrogen (secondary N) is 1. The van der Waals surface area contributed by atoms with Crippen LogP contribution < -0.4 is 5.32 Å². The third-order valence-corrected chi connectivity index (χ3v) is 6.48. The van der Waals surface area contributed by atoms with Gasteiger partial charge in [0.2, 0.25) is 5.82 Å². The zero-order valence-corrected chi connectivity index (χ0v) is 18.9. The van der Waals surface area contributed by atoms with E-state index in [2.05, 4.69) is 25.4 Å². The van der Waals surface area contributed by atoms with Gasteiger partial charge in [-0.05, 0) is 30.0 Å². The summed E-state index contributed by atoms with van der Waals surface area (Å²) < 4.78 is 47.0. The van der Waals surface area contributed by atoms with Crippen molar-refractivity contribution in [3.63, 3.8) is 0 Å². The van der Waals surface area contributed by atoms with Gasteiger partial charge in [0.1, 0.15) is 16.6 Å². The van der Waals surface area contributed by atoms with Gasteiger partial charge in [0.05, 0.1) is 6.54 Å². The number of nitrogens with zero attached hydrogens (tertiary/aromatic N) is 5. The number of carbonyl (C=O) groups excluding carboxylic acids is 1. The number of aromatic nitrogens is 4. The highest BCUT2D eigenvalue weighted by molar-refractivity contribution is 7.09. The number of likely N-dealkylation sites (tertiary alicyclic amines) is 1. The molecule has 5 rings (SSSR count). The average molecular weight is 512 g/mol. The molecule has 0 aliphatic carbocycles. The zero-order chi connectivity index (χ0) is 25.2. The minimum atomic E-state index is -5.08. The molecule has 14 heteroatoms. The normalized spacial score (nSPS) is 19.3. The molecule has 0 unspecified atom stereocenters. The van der Waals surface area contributed by atoms with Crippen LogP contribution in [0.5, 0.6) is 0 Å². The predicted molar refractivity (Wildman–Crippen MR) is 116 cm³/mol. The van der Waals surface area contributed by atoms with Crippen LogP contribution in [0.2, 0.25) is 0 Å².